The van der Waals surface area contributed by atoms with Crippen molar-refractivity contribution in [3.8, 4) is 5.75 Å². The molecule has 0 saturated carbocycles. The highest BCUT2D eigenvalue weighted by molar-refractivity contribution is 6.30. The Morgan fingerprint density at radius 2 is 2.16 bits per heavy atom. The number of fused-ring (bicyclic) bond motifs is 1. The van der Waals surface area contributed by atoms with E-state index in [9.17, 15) is 5.11 Å². The van der Waals surface area contributed by atoms with E-state index in [2.05, 4.69) is 15.5 Å². The minimum absolute atomic E-state index is 0.230. The quantitative estimate of drug-likeness (QED) is 0.684. The van der Waals surface area contributed by atoms with Crippen molar-refractivity contribution >= 4 is 28.2 Å². The first-order valence-corrected chi connectivity index (χ1v) is 6.25. The highest BCUT2D eigenvalue weighted by Crippen LogP contribution is 2.25. The maximum absolute atomic E-state index is 9.77. The summed E-state index contributed by atoms with van der Waals surface area (Å²) in [7, 11) is 0. The Balaban J connectivity index is 1.86. The van der Waals surface area contributed by atoms with Crippen LogP contribution in [0.5, 0.6) is 5.75 Å². The Bertz CT molecular complexity index is 724. The summed E-state index contributed by atoms with van der Waals surface area (Å²) in [6, 6.07) is 10.9. The number of phenolic OH excluding ortho intramolecular Hbond substituents is 1. The number of aromatic nitrogens is 2. The van der Waals surface area contributed by atoms with Gasteiger partial charge in [0.25, 0.3) is 0 Å². The molecule has 0 aliphatic carbocycles. The molecule has 3 N–H and O–H groups in total. The molecule has 0 radical (unpaired) electrons. The van der Waals surface area contributed by atoms with Gasteiger partial charge in [0.2, 0.25) is 0 Å². The van der Waals surface area contributed by atoms with Crippen LogP contribution in [0.25, 0.3) is 10.9 Å². The van der Waals surface area contributed by atoms with Crippen LogP contribution in [0.3, 0.4) is 0 Å². The minimum Gasteiger partial charge on any atom is -0.508 e. The zero-order valence-electron chi connectivity index (χ0n) is 10.0. The Hall–Kier alpha value is -2.20. The van der Waals surface area contributed by atoms with Gasteiger partial charge in [-0.1, -0.05) is 23.7 Å². The Kier molecular flexibility index (Phi) is 3.01. The number of para-hydroxylation sites is 1. The molecular formula is C14H12ClN3O. The van der Waals surface area contributed by atoms with Crippen LogP contribution in [0.1, 0.15) is 5.56 Å². The fraction of sp³-hybridized carbons (Fsp3) is 0.0714. The van der Waals surface area contributed by atoms with Gasteiger partial charge in [0, 0.05) is 22.5 Å². The van der Waals surface area contributed by atoms with Crippen molar-refractivity contribution in [2.45, 2.75) is 6.54 Å². The van der Waals surface area contributed by atoms with Gasteiger partial charge in [-0.05, 0) is 24.3 Å². The summed E-state index contributed by atoms with van der Waals surface area (Å²) in [6.07, 6.45) is 1.78. The topological polar surface area (TPSA) is 60.9 Å². The molecule has 1 aromatic heterocycles. The number of aromatic amines is 1. The SMILES string of the molecule is Oc1ccc(Cl)cc1CNc1cccc2cn[nH]c12. The number of anilines is 1. The maximum atomic E-state index is 9.77. The lowest BCUT2D eigenvalue weighted by Gasteiger charge is -2.09. The predicted molar refractivity (Wildman–Crippen MR) is 76.5 cm³/mol. The molecule has 2 aromatic carbocycles. The van der Waals surface area contributed by atoms with Crippen LogP contribution in [0.15, 0.2) is 42.6 Å². The number of hydrogen-bond acceptors (Lipinski definition) is 3. The smallest absolute Gasteiger partial charge is 0.120 e. The maximum Gasteiger partial charge on any atom is 0.120 e. The summed E-state index contributed by atoms with van der Waals surface area (Å²) in [6.45, 7) is 0.491. The molecule has 0 bridgehead atoms. The van der Waals surface area contributed by atoms with E-state index in [0.29, 0.717) is 11.6 Å². The lowest BCUT2D eigenvalue weighted by Crippen LogP contribution is -2.00. The number of aromatic hydroxyl groups is 1. The van der Waals surface area contributed by atoms with E-state index in [1.54, 1.807) is 24.4 Å². The second-order valence-corrected chi connectivity index (χ2v) is 4.70. The number of H-pyrrole nitrogens is 1. The summed E-state index contributed by atoms with van der Waals surface area (Å²) in [5.74, 6) is 0.230. The largest absolute Gasteiger partial charge is 0.508 e. The highest BCUT2D eigenvalue weighted by Gasteiger charge is 2.05. The predicted octanol–water partition coefficient (Wildman–Crippen LogP) is 3.53. The van der Waals surface area contributed by atoms with E-state index in [-0.39, 0.29) is 5.75 Å². The van der Waals surface area contributed by atoms with Crippen LogP contribution in [-0.4, -0.2) is 15.3 Å². The molecule has 0 amide bonds. The van der Waals surface area contributed by atoms with E-state index in [1.807, 2.05) is 18.2 Å². The first-order valence-electron chi connectivity index (χ1n) is 5.87. The highest BCUT2D eigenvalue weighted by atomic mass is 35.5. The van der Waals surface area contributed by atoms with E-state index in [4.69, 9.17) is 11.6 Å². The Labute approximate surface area is 115 Å². The van der Waals surface area contributed by atoms with Crippen molar-refractivity contribution in [3.63, 3.8) is 0 Å². The summed E-state index contributed by atoms with van der Waals surface area (Å²) >= 11 is 5.92. The summed E-state index contributed by atoms with van der Waals surface area (Å²) in [5.41, 5.74) is 2.64. The van der Waals surface area contributed by atoms with E-state index < -0.39 is 0 Å². The van der Waals surface area contributed by atoms with Crippen molar-refractivity contribution < 1.29 is 5.11 Å². The average Bonchev–Trinajstić information content (AvgIpc) is 2.88. The molecule has 0 unspecified atom stereocenters. The first-order chi connectivity index (χ1) is 9.24. The zero-order chi connectivity index (χ0) is 13.2. The first kappa shape index (κ1) is 11.9. The van der Waals surface area contributed by atoms with Gasteiger partial charge < -0.3 is 10.4 Å². The second kappa shape index (κ2) is 4.82. The monoisotopic (exact) mass is 273 g/mol. The van der Waals surface area contributed by atoms with Gasteiger partial charge in [-0.15, -0.1) is 0 Å². The lowest BCUT2D eigenvalue weighted by molar-refractivity contribution is 0.469. The number of halogens is 1. The third-order valence-electron chi connectivity index (χ3n) is 2.99. The van der Waals surface area contributed by atoms with Gasteiger partial charge in [-0.2, -0.15) is 5.10 Å². The normalized spacial score (nSPS) is 10.8. The summed E-state index contributed by atoms with van der Waals surface area (Å²) < 4.78 is 0. The number of phenols is 1. The van der Waals surface area contributed by atoms with Gasteiger partial charge in [0.05, 0.1) is 17.4 Å². The second-order valence-electron chi connectivity index (χ2n) is 4.27. The average molecular weight is 274 g/mol. The van der Waals surface area contributed by atoms with Gasteiger partial charge in [-0.3, -0.25) is 5.10 Å². The summed E-state index contributed by atoms with van der Waals surface area (Å²) in [4.78, 5) is 0. The number of nitrogens with one attached hydrogen (secondary N) is 2. The molecule has 96 valence electrons. The van der Waals surface area contributed by atoms with Crippen molar-refractivity contribution in [3.05, 3.63) is 53.2 Å². The van der Waals surface area contributed by atoms with Crippen molar-refractivity contribution in [2.24, 2.45) is 0 Å². The van der Waals surface area contributed by atoms with Crippen LogP contribution in [-0.2, 0) is 6.54 Å². The molecule has 0 fully saturated rings. The number of benzene rings is 2. The van der Waals surface area contributed by atoms with Gasteiger partial charge in [0.1, 0.15) is 5.75 Å². The molecule has 4 nitrogen and oxygen atoms in total. The standard InChI is InChI=1S/C14H12ClN3O/c15-11-4-5-13(19)10(6-11)7-16-12-3-1-2-9-8-17-18-14(9)12/h1-6,8,16,19H,7H2,(H,17,18). The fourth-order valence-corrected chi connectivity index (χ4v) is 2.20. The van der Waals surface area contributed by atoms with Gasteiger partial charge >= 0.3 is 0 Å². The molecule has 0 aliphatic rings. The zero-order valence-corrected chi connectivity index (χ0v) is 10.8. The van der Waals surface area contributed by atoms with Gasteiger partial charge in [0.15, 0.2) is 0 Å². The molecule has 19 heavy (non-hydrogen) atoms. The van der Waals surface area contributed by atoms with E-state index in [1.165, 1.54) is 0 Å². The fourth-order valence-electron chi connectivity index (χ4n) is 2.00. The van der Waals surface area contributed by atoms with Crippen LogP contribution in [0.4, 0.5) is 5.69 Å². The molecule has 0 aliphatic heterocycles. The molecule has 0 spiro atoms. The van der Waals surface area contributed by atoms with Crippen LogP contribution in [0.2, 0.25) is 5.02 Å². The minimum atomic E-state index is 0.230. The third kappa shape index (κ3) is 2.35. The molecule has 3 rings (SSSR count). The van der Waals surface area contributed by atoms with E-state index in [0.717, 1.165) is 22.2 Å². The lowest BCUT2D eigenvalue weighted by atomic mass is 10.2. The molecule has 0 atom stereocenters. The summed E-state index contributed by atoms with van der Waals surface area (Å²) in [5, 5.41) is 21.6. The molecule has 1 heterocycles. The molecule has 3 aromatic rings. The van der Waals surface area contributed by atoms with Crippen molar-refractivity contribution in [1.29, 1.82) is 0 Å². The number of nitrogens with zero attached hydrogens (tertiary/aromatic N) is 1. The molecular weight excluding hydrogens is 262 g/mol. The third-order valence-corrected chi connectivity index (χ3v) is 3.22. The Morgan fingerprint density at radius 3 is 3.05 bits per heavy atom. The van der Waals surface area contributed by atoms with Gasteiger partial charge in [-0.25, -0.2) is 0 Å². The van der Waals surface area contributed by atoms with E-state index >= 15 is 0 Å². The Morgan fingerprint density at radius 1 is 1.26 bits per heavy atom. The van der Waals surface area contributed by atoms with Crippen molar-refractivity contribution in [1.82, 2.24) is 10.2 Å². The molecule has 0 saturated heterocycles. The van der Waals surface area contributed by atoms with Crippen LogP contribution in [0, 0.1) is 0 Å². The number of hydrogen-bond donors (Lipinski definition) is 3. The van der Waals surface area contributed by atoms with Crippen LogP contribution < -0.4 is 5.32 Å². The molecule has 5 heteroatoms. The van der Waals surface area contributed by atoms with Crippen molar-refractivity contribution in [2.75, 3.05) is 5.32 Å². The number of rotatable bonds is 3. The van der Waals surface area contributed by atoms with Crippen LogP contribution >= 0.6 is 11.6 Å².